The van der Waals surface area contributed by atoms with Gasteiger partial charge in [-0.3, -0.25) is 4.79 Å². The van der Waals surface area contributed by atoms with Crippen molar-refractivity contribution < 1.29 is 4.79 Å². The van der Waals surface area contributed by atoms with Crippen molar-refractivity contribution in [3.8, 4) is 11.3 Å². The Kier molecular flexibility index (Phi) is 6.17. The number of nitrogen functional groups attached to an aromatic ring is 1. The zero-order chi connectivity index (χ0) is 20.3. The maximum Gasteiger partial charge on any atom is 0.248 e. The van der Waals surface area contributed by atoms with Crippen LogP contribution in [0.25, 0.3) is 11.3 Å². The van der Waals surface area contributed by atoms with E-state index in [1.54, 1.807) is 18.2 Å². The average Bonchev–Trinajstić information content (AvgIpc) is 2.64. The van der Waals surface area contributed by atoms with Gasteiger partial charge in [-0.25, -0.2) is 9.97 Å². The lowest BCUT2D eigenvalue weighted by Crippen LogP contribution is -2.10. The summed E-state index contributed by atoms with van der Waals surface area (Å²) in [5, 5.41) is 1.13. The summed E-state index contributed by atoms with van der Waals surface area (Å²) < 4.78 is 0. The monoisotopic (exact) mass is 414 g/mol. The van der Waals surface area contributed by atoms with Crippen LogP contribution in [0.5, 0.6) is 0 Å². The number of amides is 1. The minimum Gasteiger partial charge on any atom is -0.368 e. The van der Waals surface area contributed by atoms with E-state index in [1.807, 2.05) is 31.2 Å². The highest BCUT2D eigenvalue weighted by molar-refractivity contribution is 6.35. The minimum atomic E-state index is -0.424. The molecule has 7 heteroatoms. The minimum absolute atomic E-state index is 0.216. The van der Waals surface area contributed by atoms with Crippen molar-refractivity contribution in [2.45, 2.75) is 26.2 Å². The highest BCUT2D eigenvalue weighted by Crippen LogP contribution is 2.31. The van der Waals surface area contributed by atoms with Crippen molar-refractivity contribution in [1.29, 1.82) is 0 Å². The lowest BCUT2D eigenvalue weighted by atomic mass is 10.0. The number of hydrogen-bond donors (Lipinski definition) is 2. The molecular weight excluding hydrogens is 395 g/mol. The van der Waals surface area contributed by atoms with Crippen LogP contribution in [0.15, 0.2) is 42.5 Å². The van der Waals surface area contributed by atoms with E-state index in [2.05, 4.69) is 9.97 Å². The third kappa shape index (κ3) is 4.80. The standard InChI is InChI=1S/C21H20Cl2N4O/c1-12-17(9-15(22)10-18(12)23)19-11-16(26-21(25)27-19)4-2-3-13-5-7-14(8-6-13)20(24)28/h5-11H,2-4H2,1H3,(H2,24,28)(H2,25,26,27). The predicted octanol–water partition coefficient (Wildman–Crippen LogP) is 4.62. The number of nitrogens with two attached hydrogens (primary N) is 2. The number of anilines is 1. The van der Waals surface area contributed by atoms with Crippen LogP contribution in [0.2, 0.25) is 10.0 Å². The number of carbonyl (C=O) groups is 1. The molecule has 5 nitrogen and oxygen atoms in total. The Morgan fingerprint density at radius 2 is 1.75 bits per heavy atom. The highest BCUT2D eigenvalue weighted by Gasteiger charge is 2.11. The van der Waals surface area contributed by atoms with E-state index in [0.717, 1.165) is 41.6 Å². The van der Waals surface area contributed by atoms with E-state index >= 15 is 0 Å². The number of benzene rings is 2. The molecule has 3 aromatic rings. The molecule has 0 aliphatic carbocycles. The molecule has 0 saturated heterocycles. The molecule has 3 rings (SSSR count). The molecule has 0 unspecified atom stereocenters. The van der Waals surface area contributed by atoms with Crippen LogP contribution in [0.1, 0.15) is 33.6 Å². The fraction of sp³-hybridized carbons (Fsp3) is 0.190. The summed E-state index contributed by atoms with van der Waals surface area (Å²) in [4.78, 5) is 19.8. The number of carbonyl (C=O) groups excluding carboxylic acids is 1. The Morgan fingerprint density at radius 1 is 1.04 bits per heavy atom. The molecule has 0 bridgehead atoms. The van der Waals surface area contributed by atoms with Crippen LogP contribution >= 0.6 is 23.2 Å². The molecule has 0 fully saturated rings. The second-order valence-electron chi connectivity index (χ2n) is 6.58. The lowest BCUT2D eigenvalue weighted by Gasteiger charge is -2.10. The third-order valence-electron chi connectivity index (χ3n) is 4.52. The summed E-state index contributed by atoms with van der Waals surface area (Å²) >= 11 is 12.4. The van der Waals surface area contributed by atoms with Crippen LogP contribution in [0.4, 0.5) is 5.95 Å². The van der Waals surface area contributed by atoms with Crippen LogP contribution in [-0.2, 0) is 12.8 Å². The normalized spacial score (nSPS) is 10.8. The first kappa shape index (κ1) is 20.1. The van der Waals surface area contributed by atoms with E-state index < -0.39 is 5.91 Å². The number of hydrogen-bond acceptors (Lipinski definition) is 4. The number of aryl methyl sites for hydroxylation is 2. The van der Waals surface area contributed by atoms with Crippen LogP contribution in [-0.4, -0.2) is 15.9 Å². The quantitative estimate of drug-likeness (QED) is 0.614. The van der Waals surface area contributed by atoms with Gasteiger partial charge in [0.05, 0.1) is 5.69 Å². The molecule has 0 atom stereocenters. The van der Waals surface area contributed by atoms with Crippen molar-refractivity contribution in [3.05, 3.63) is 74.9 Å². The van der Waals surface area contributed by atoms with Crippen LogP contribution in [0, 0.1) is 6.92 Å². The molecular formula is C21H20Cl2N4O. The summed E-state index contributed by atoms with van der Waals surface area (Å²) in [5.74, 6) is -0.208. The van der Waals surface area contributed by atoms with Crippen LogP contribution < -0.4 is 11.5 Å². The number of rotatable bonds is 6. The predicted molar refractivity (Wildman–Crippen MR) is 114 cm³/mol. The van der Waals surface area contributed by atoms with E-state index in [0.29, 0.717) is 21.3 Å². The van der Waals surface area contributed by atoms with Crippen molar-refractivity contribution in [3.63, 3.8) is 0 Å². The smallest absolute Gasteiger partial charge is 0.248 e. The summed E-state index contributed by atoms with van der Waals surface area (Å²) in [5.41, 5.74) is 16.1. The summed E-state index contributed by atoms with van der Waals surface area (Å²) in [6, 6.07) is 12.8. The van der Waals surface area contributed by atoms with Gasteiger partial charge in [-0.15, -0.1) is 0 Å². The van der Waals surface area contributed by atoms with Crippen molar-refractivity contribution in [2.75, 3.05) is 5.73 Å². The zero-order valence-corrected chi connectivity index (χ0v) is 16.9. The van der Waals surface area contributed by atoms with Gasteiger partial charge in [0.2, 0.25) is 11.9 Å². The third-order valence-corrected chi connectivity index (χ3v) is 5.13. The maximum atomic E-state index is 11.1. The Hall–Kier alpha value is -2.63. The number of aromatic nitrogens is 2. The molecule has 28 heavy (non-hydrogen) atoms. The Labute approximate surface area is 173 Å². The van der Waals surface area contributed by atoms with Gasteiger partial charge >= 0.3 is 0 Å². The van der Waals surface area contributed by atoms with Crippen molar-refractivity contribution >= 4 is 35.1 Å². The van der Waals surface area contributed by atoms with Gasteiger partial charge < -0.3 is 11.5 Å². The fourth-order valence-electron chi connectivity index (χ4n) is 3.01. The molecule has 0 aliphatic heterocycles. The largest absolute Gasteiger partial charge is 0.368 e. The average molecular weight is 415 g/mol. The molecule has 0 aliphatic rings. The Balaban J connectivity index is 1.74. The van der Waals surface area contributed by atoms with E-state index in [9.17, 15) is 4.79 Å². The highest BCUT2D eigenvalue weighted by atomic mass is 35.5. The second-order valence-corrected chi connectivity index (χ2v) is 7.42. The molecule has 144 valence electrons. The van der Waals surface area contributed by atoms with Gasteiger partial charge in [0.15, 0.2) is 0 Å². The van der Waals surface area contributed by atoms with Gasteiger partial charge in [0, 0.05) is 26.9 Å². The van der Waals surface area contributed by atoms with Gasteiger partial charge in [-0.1, -0.05) is 35.3 Å². The van der Waals surface area contributed by atoms with Crippen molar-refractivity contribution in [1.82, 2.24) is 9.97 Å². The zero-order valence-electron chi connectivity index (χ0n) is 15.4. The molecule has 1 amide bonds. The maximum absolute atomic E-state index is 11.1. The lowest BCUT2D eigenvalue weighted by molar-refractivity contribution is 0.100. The van der Waals surface area contributed by atoms with Gasteiger partial charge in [-0.2, -0.15) is 0 Å². The van der Waals surface area contributed by atoms with Gasteiger partial charge in [0.25, 0.3) is 0 Å². The molecule has 4 N–H and O–H groups in total. The van der Waals surface area contributed by atoms with Crippen molar-refractivity contribution in [2.24, 2.45) is 5.73 Å². The number of nitrogens with zero attached hydrogens (tertiary/aromatic N) is 2. The first-order valence-corrected chi connectivity index (χ1v) is 9.57. The Bertz CT molecular complexity index is 1020. The van der Waals surface area contributed by atoms with Gasteiger partial charge in [-0.05, 0) is 67.6 Å². The topological polar surface area (TPSA) is 94.9 Å². The first-order chi connectivity index (χ1) is 13.3. The summed E-state index contributed by atoms with van der Waals surface area (Å²) in [6.07, 6.45) is 2.46. The Morgan fingerprint density at radius 3 is 2.43 bits per heavy atom. The van der Waals surface area contributed by atoms with Gasteiger partial charge in [0.1, 0.15) is 0 Å². The molecule has 0 radical (unpaired) electrons. The second kappa shape index (κ2) is 8.59. The molecule has 1 heterocycles. The number of halogens is 2. The molecule has 2 aromatic carbocycles. The van der Waals surface area contributed by atoms with Crippen LogP contribution in [0.3, 0.4) is 0 Å². The molecule has 1 aromatic heterocycles. The van der Waals surface area contributed by atoms with E-state index in [4.69, 9.17) is 34.7 Å². The SMILES string of the molecule is Cc1c(Cl)cc(Cl)cc1-c1cc(CCCc2ccc(C(N)=O)cc2)nc(N)n1. The van der Waals surface area contributed by atoms with E-state index in [-0.39, 0.29) is 5.95 Å². The number of primary amides is 1. The first-order valence-electron chi connectivity index (χ1n) is 8.81. The summed E-state index contributed by atoms with van der Waals surface area (Å²) in [7, 11) is 0. The molecule has 0 spiro atoms. The fourth-order valence-corrected chi connectivity index (χ4v) is 3.50. The summed E-state index contributed by atoms with van der Waals surface area (Å²) in [6.45, 7) is 1.92. The van der Waals surface area contributed by atoms with E-state index in [1.165, 1.54) is 0 Å². The molecule has 0 saturated carbocycles.